The van der Waals surface area contributed by atoms with Crippen molar-refractivity contribution in [1.82, 2.24) is 14.9 Å². The molecule has 0 saturated carbocycles. The number of hydrazone groups is 1. The molecule has 0 spiro atoms. The fourth-order valence-corrected chi connectivity index (χ4v) is 1.76. The Kier molecular flexibility index (Phi) is 4.32. The number of hydrogen-bond acceptors (Lipinski definition) is 5. The number of anilines is 1. The number of benzene rings is 2. The minimum Gasteiger partial charge on any atom is -0.244 e. The van der Waals surface area contributed by atoms with Crippen molar-refractivity contribution in [2.45, 2.75) is 0 Å². The van der Waals surface area contributed by atoms with Gasteiger partial charge >= 0.3 is 0 Å². The van der Waals surface area contributed by atoms with Crippen LogP contribution in [0.2, 0.25) is 0 Å². The van der Waals surface area contributed by atoms with E-state index < -0.39 is 0 Å². The standard InChI is InChI=1S/C16H14N6/c1-3-7-14(8-4-1)11-17-20-16-21-18-13-22(16)19-12-15-9-5-2-6-10-15/h1-13H,(H,20,21)/b17-11-,19-12+. The molecule has 0 atom stereocenters. The lowest BCUT2D eigenvalue weighted by Crippen LogP contribution is -1.99. The highest BCUT2D eigenvalue weighted by Gasteiger charge is 1.99. The summed E-state index contributed by atoms with van der Waals surface area (Å²) in [6.07, 6.45) is 4.95. The van der Waals surface area contributed by atoms with Crippen LogP contribution in [0.25, 0.3) is 0 Å². The molecule has 0 amide bonds. The van der Waals surface area contributed by atoms with Crippen molar-refractivity contribution in [3.05, 3.63) is 78.1 Å². The van der Waals surface area contributed by atoms with Crippen LogP contribution in [0.1, 0.15) is 11.1 Å². The Morgan fingerprint density at radius 2 is 1.50 bits per heavy atom. The number of aromatic nitrogens is 3. The molecule has 0 aliphatic carbocycles. The lowest BCUT2D eigenvalue weighted by atomic mass is 10.2. The maximum atomic E-state index is 4.29. The second-order valence-corrected chi connectivity index (χ2v) is 4.44. The smallest absolute Gasteiger partial charge is 0.244 e. The lowest BCUT2D eigenvalue weighted by molar-refractivity contribution is 0.879. The van der Waals surface area contributed by atoms with Gasteiger partial charge < -0.3 is 0 Å². The molecule has 0 saturated heterocycles. The monoisotopic (exact) mass is 290 g/mol. The van der Waals surface area contributed by atoms with Gasteiger partial charge in [-0.2, -0.15) is 14.9 Å². The van der Waals surface area contributed by atoms with Gasteiger partial charge in [-0.3, -0.25) is 0 Å². The Labute approximate surface area is 127 Å². The van der Waals surface area contributed by atoms with Crippen LogP contribution >= 0.6 is 0 Å². The average molecular weight is 290 g/mol. The van der Waals surface area contributed by atoms with Gasteiger partial charge in [0.15, 0.2) is 0 Å². The highest BCUT2D eigenvalue weighted by molar-refractivity contribution is 5.80. The summed E-state index contributed by atoms with van der Waals surface area (Å²) in [5.41, 5.74) is 4.81. The summed E-state index contributed by atoms with van der Waals surface area (Å²) in [6.45, 7) is 0. The van der Waals surface area contributed by atoms with Crippen LogP contribution in [0.4, 0.5) is 5.95 Å². The number of nitrogens with zero attached hydrogens (tertiary/aromatic N) is 5. The first-order valence-electron chi connectivity index (χ1n) is 6.75. The Morgan fingerprint density at radius 3 is 2.18 bits per heavy atom. The summed E-state index contributed by atoms with van der Waals surface area (Å²) < 4.78 is 1.52. The topological polar surface area (TPSA) is 67.5 Å². The van der Waals surface area contributed by atoms with Crippen molar-refractivity contribution in [3.63, 3.8) is 0 Å². The Morgan fingerprint density at radius 1 is 0.864 bits per heavy atom. The Balaban J connectivity index is 1.67. The average Bonchev–Trinajstić information content (AvgIpc) is 3.02. The Bertz CT molecular complexity index is 762. The predicted molar refractivity (Wildman–Crippen MR) is 87.1 cm³/mol. The largest absolute Gasteiger partial charge is 0.265 e. The maximum Gasteiger partial charge on any atom is 0.265 e. The molecule has 0 aliphatic heterocycles. The van der Waals surface area contributed by atoms with E-state index in [0.29, 0.717) is 5.95 Å². The lowest BCUT2D eigenvalue weighted by Gasteiger charge is -1.99. The van der Waals surface area contributed by atoms with Gasteiger partial charge in [0.1, 0.15) is 6.33 Å². The van der Waals surface area contributed by atoms with Crippen LogP contribution < -0.4 is 5.43 Å². The molecule has 0 unspecified atom stereocenters. The first-order chi connectivity index (χ1) is 10.9. The van der Waals surface area contributed by atoms with E-state index >= 15 is 0 Å². The van der Waals surface area contributed by atoms with E-state index in [-0.39, 0.29) is 0 Å². The van der Waals surface area contributed by atoms with Crippen molar-refractivity contribution in [2.24, 2.45) is 10.2 Å². The summed E-state index contributed by atoms with van der Waals surface area (Å²) in [5.74, 6) is 0.444. The molecule has 2 aromatic carbocycles. The summed E-state index contributed by atoms with van der Waals surface area (Å²) in [6, 6.07) is 19.6. The van der Waals surface area contributed by atoms with Crippen LogP contribution in [-0.4, -0.2) is 27.3 Å². The molecule has 0 radical (unpaired) electrons. The molecule has 0 fully saturated rings. The molecular weight excluding hydrogens is 276 g/mol. The van der Waals surface area contributed by atoms with Gasteiger partial charge in [0.2, 0.25) is 0 Å². The molecule has 3 rings (SSSR count). The molecule has 6 heteroatoms. The van der Waals surface area contributed by atoms with E-state index in [1.54, 1.807) is 12.4 Å². The minimum absolute atomic E-state index is 0.444. The molecule has 3 aromatic rings. The van der Waals surface area contributed by atoms with E-state index in [1.165, 1.54) is 11.0 Å². The van der Waals surface area contributed by atoms with E-state index in [0.717, 1.165) is 11.1 Å². The van der Waals surface area contributed by atoms with Crippen LogP contribution in [0.3, 0.4) is 0 Å². The molecule has 108 valence electrons. The van der Waals surface area contributed by atoms with Crippen LogP contribution in [0, 0.1) is 0 Å². The molecule has 6 nitrogen and oxygen atoms in total. The van der Waals surface area contributed by atoms with Crippen LogP contribution in [-0.2, 0) is 0 Å². The Hall–Kier alpha value is -3.28. The van der Waals surface area contributed by atoms with Gasteiger partial charge in [-0.1, -0.05) is 60.7 Å². The number of nitrogens with one attached hydrogen (secondary N) is 1. The zero-order valence-electron chi connectivity index (χ0n) is 11.7. The summed E-state index contributed by atoms with van der Waals surface area (Å²) in [5, 5.41) is 16.2. The molecule has 1 aromatic heterocycles. The molecule has 22 heavy (non-hydrogen) atoms. The molecule has 0 aliphatic rings. The van der Waals surface area contributed by atoms with Crippen molar-refractivity contribution in [3.8, 4) is 0 Å². The van der Waals surface area contributed by atoms with E-state index in [4.69, 9.17) is 0 Å². The zero-order chi connectivity index (χ0) is 15.0. The SMILES string of the molecule is C(=N/Nc1nncn1/N=C/c1ccccc1)/c1ccccc1. The summed E-state index contributed by atoms with van der Waals surface area (Å²) >= 11 is 0. The normalized spacial score (nSPS) is 11.3. The highest BCUT2D eigenvalue weighted by atomic mass is 15.5. The van der Waals surface area contributed by atoms with E-state index in [1.807, 2.05) is 60.7 Å². The van der Waals surface area contributed by atoms with Crippen molar-refractivity contribution >= 4 is 18.4 Å². The van der Waals surface area contributed by atoms with Crippen LogP contribution in [0.15, 0.2) is 77.2 Å². The fourth-order valence-electron chi connectivity index (χ4n) is 1.76. The van der Waals surface area contributed by atoms with E-state index in [2.05, 4.69) is 25.8 Å². The maximum absolute atomic E-state index is 4.29. The van der Waals surface area contributed by atoms with Gasteiger partial charge in [0.05, 0.1) is 12.4 Å². The van der Waals surface area contributed by atoms with Crippen molar-refractivity contribution < 1.29 is 0 Å². The quantitative estimate of drug-likeness (QED) is 0.580. The number of hydrogen-bond donors (Lipinski definition) is 1. The molecule has 1 N–H and O–H groups in total. The van der Waals surface area contributed by atoms with Gasteiger partial charge in [-0.25, -0.2) is 5.43 Å². The number of rotatable bonds is 5. The summed E-state index contributed by atoms with van der Waals surface area (Å²) in [7, 11) is 0. The minimum atomic E-state index is 0.444. The van der Waals surface area contributed by atoms with Gasteiger partial charge in [0.25, 0.3) is 5.95 Å². The third-order valence-electron chi connectivity index (χ3n) is 2.84. The highest BCUT2D eigenvalue weighted by Crippen LogP contribution is 2.03. The van der Waals surface area contributed by atoms with Crippen molar-refractivity contribution in [1.29, 1.82) is 0 Å². The second-order valence-electron chi connectivity index (χ2n) is 4.44. The fraction of sp³-hybridized carbons (Fsp3) is 0. The molecular formula is C16H14N6. The molecule has 1 heterocycles. The third kappa shape index (κ3) is 3.63. The zero-order valence-corrected chi connectivity index (χ0v) is 11.7. The van der Waals surface area contributed by atoms with E-state index in [9.17, 15) is 0 Å². The van der Waals surface area contributed by atoms with Crippen molar-refractivity contribution in [2.75, 3.05) is 5.43 Å². The van der Waals surface area contributed by atoms with Gasteiger partial charge in [-0.05, 0) is 11.1 Å². The molecule has 0 bridgehead atoms. The van der Waals surface area contributed by atoms with Gasteiger partial charge in [-0.15, -0.1) is 10.2 Å². The van der Waals surface area contributed by atoms with Gasteiger partial charge in [0, 0.05) is 0 Å². The predicted octanol–water partition coefficient (Wildman–Crippen LogP) is 2.61. The third-order valence-corrected chi connectivity index (χ3v) is 2.84. The summed E-state index contributed by atoms with van der Waals surface area (Å²) in [4.78, 5) is 0. The first kappa shape index (κ1) is 13.7. The first-order valence-corrected chi connectivity index (χ1v) is 6.75. The second kappa shape index (κ2) is 6.94. The van der Waals surface area contributed by atoms with Crippen LogP contribution in [0.5, 0.6) is 0 Å².